The van der Waals surface area contributed by atoms with Crippen molar-refractivity contribution < 1.29 is 4.79 Å². The van der Waals surface area contributed by atoms with E-state index in [0.717, 1.165) is 23.3 Å². The largest absolute Gasteiger partial charge is 0.361 e. The normalized spacial score (nSPS) is 10.8. The van der Waals surface area contributed by atoms with E-state index >= 15 is 0 Å². The first-order chi connectivity index (χ1) is 13.7. The predicted molar refractivity (Wildman–Crippen MR) is 115 cm³/mol. The molecule has 1 heterocycles. The van der Waals surface area contributed by atoms with Gasteiger partial charge in [-0.15, -0.1) is 0 Å². The Morgan fingerprint density at radius 1 is 0.964 bits per heavy atom. The highest BCUT2D eigenvalue weighted by Gasteiger charge is 2.11. The number of anilines is 2. The van der Waals surface area contributed by atoms with Gasteiger partial charge in [0.2, 0.25) is 0 Å². The molecule has 0 spiro atoms. The van der Waals surface area contributed by atoms with Crippen LogP contribution in [-0.2, 0) is 6.42 Å². The third-order valence-corrected chi connectivity index (χ3v) is 4.83. The lowest BCUT2D eigenvalue weighted by Crippen LogP contribution is -2.26. The molecule has 0 saturated carbocycles. The van der Waals surface area contributed by atoms with Gasteiger partial charge in [-0.3, -0.25) is 4.79 Å². The zero-order valence-corrected chi connectivity index (χ0v) is 15.8. The number of carbonyl (C=O) groups is 1. The molecule has 3 N–H and O–H groups in total. The summed E-state index contributed by atoms with van der Waals surface area (Å²) in [5.41, 5.74) is 5.98. The maximum absolute atomic E-state index is 12.7. The second-order valence-electron chi connectivity index (χ2n) is 6.91. The highest BCUT2D eigenvalue weighted by atomic mass is 16.1. The molecule has 0 bridgehead atoms. The highest BCUT2D eigenvalue weighted by molar-refractivity contribution is 6.00. The van der Waals surface area contributed by atoms with Crippen LogP contribution in [0.2, 0.25) is 0 Å². The van der Waals surface area contributed by atoms with E-state index in [1.54, 1.807) is 0 Å². The van der Waals surface area contributed by atoms with E-state index in [1.807, 2.05) is 60.8 Å². The van der Waals surface area contributed by atoms with Gasteiger partial charge in [-0.2, -0.15) is 0 Å². The number of hydrogen-bond acceptors (Lipinski definition) is 2. The quantitative estimate of drug-likeness (QED) is 0.438. The van der Waals surface area contributed by atoms with Gasteiger partial charge in [0.05, 0.1) is 11.3 Å². The Hall–Kier alpha value is -3.53. The lowest BCUT2D eigenvalue weighted by Gasteiger charge is -2.12. The minimum absolute atomic E-state index is 0.0740. The summed E-state index contributed by atoms with van der Waals surface area (Å²) in [4.78, 5) is 16.0. The summed E-state index contributed by atoms with van der Waals surface area (Å²) in [5, 5.41) is 7.59. The van der Waals surface area contributed by atoms with Crippen LogP contribution in [-0.4, -0.2) is 17.4 Å². The summed E-state index contributed by atoms with van der Waals surface area (Å²) in [6.45, 7) is 2.67. The Balaban J connectivity index is 1.43. The first-order valence-electron chi connectivity index (χ1n) is 9.46. The predicted octanol–water partition coefficient (Wildman–Crippen LogP) is 5.19. The average molecular weight is 369 g/mol. The number of aromatic nitrogens is 1. The standard InChI is InChI=1S/C24H23N3O/c1-17-11-12-22-21(15-17)18(16-26-22)13-14-25-24(28)20-9-5-6-10-23(20)27-19-7-3-2-4-8-19/h2-12,15-16,26-27H,13-14H2,1H3,(H,25,28). The number of hydrogen-bond donors (Lipinski definition) is 3. The number of benzene rings is 3. The van der Waals surface area contributed by atoms with Crippen LogP contribution in [0.5, 0.6) is 0 Å². The Labute approximate surface area is 164 Å². The number of aryl methyl sites for hydroxylation is 1. The molecular weight excluding hydrogens is 346 g/mol. The van der Waals surface area contributed by atoms with Gasteiger partial charge in [0.25, 0.3) is 5.91 Å². The number of fused-ring (bicyclic) bond motifs is 1. The van der Waals surface area contributed by atoms with Crippen molar-refractivity contribution in [1.29, 1.82) is 0 Å². The minimum atomic E-state index is -0.0740. The fourth-order valence-electron chi connectivity index (χ4n) is 3.37. The maximum Gasteiger partial charge on any atom is 0.253 e. The van der Waals surface area contributed by atoms with Crippen LogP contribution in [0.15, 0.2) is 79.0 Å². The Bertz CT molecular complexity index is 1100. The second-order valence-corrected chi connectivity index (χ2v) is 6.91. The molecule has 1 amide bonds. The van der Waals surface area contributed by atoms with Crippen molar-refractivity contribution in [3.63, 3.8) is 0 Å². The van der Waals surface area contributed by atoms with Crippen LogP contribution in [0.1, 0.15) is 21.5 Å². The molecule has 0 saturated heterocycles. The molecule has 4 nitrogen and oxygen atoms in total. The molecule has 4 aromatic rings. The number of aromatic amines is 1. The fourth-order valence-corrected chi connectivity index (χ4v) is 3.37. The highest BCUT2D eigenvalue weighted by Crippen LogP contribution is 2.22. The van der Waals surface area contributed by atoms with Gasteiger partial charge in [0, 0.05) is 29.3 Å². The van der Waals surface area contributed by atoms with Crippen molar-refractivity contribution in [3.05, 3.63) is 95.7 Å². The third kappa shape index (κ3) is 3.91. The van der Waals surface area contributed by atoms with Crippen molar-refractivity contribution in [3.8, 4) is 0 Å². The summed E-state index contributed by atoms with van der Waals surface area (Å²) in [5.74, 6) is -0.0740. The van der Waals surface area contributed by atoms with E-state index in [9.17, 15) is 4.79 Å². The summed E-state index contributed by atoms with van der Waals surface area (Å²) >= 11 is 0. The molecule has 0 atom stereocenters. The van der Waals surface area contributed by atoms with Gasteiger partial charge in [-0.25, -0.2) is 0 Å². The molecule has 0 unspecified atom stereocenters. The zero-order valence-electron chi connectivity index (χ0n) is 15.8. The Morgan fingerprint density at radius 2 is 1.75 bits per heavy atom. The maximum atomic E-state index is 12.7. The van der Waals surface area contributed by atoms with Crippen LogP contribution in [0.3, 0.4) is 0 Å². The number of para-hydroxylation sites is 2. The van der Waals surface area contributed by atoms with E-state index in [2.05, 4.69) is 40.7 Å². The molecule has 28 heavy (non-hydrogen) atoms. The first kappa shape index (κ1) is 17.9. The van der Waals surface area contributed by atoms with Crippen molar-refractivity contribution in [2.75, 3.05) is 11.9 Å². The van der Waals surface area contributed by atoms with Gasteiger partial charge >= 0.3 is 0 Å². The van der Waals surface area contributed by atoms with Gasteiger partial charge in [-0.05, 0) is 55.3 Å². The average Bonchev–Trinajstić information content (AvgIpc) is 3.11. The molecule has 0 fully saturated rings. The molecule has 0 aliphatic carbocycles. The molecule has 3 aromatic carbocycles. The zero-order chi connectivity index (χ0) is 19.3. The van der Waals surface area contributed by atoms with Crippen molar-refractivity contribution in [2.24, 2.45) is 0 Å². The van der Waals surface area contributed by atoms with Crippen molar-refractivity contribution in [2.45, 2.75) is 13.3 Å². The van der Waals surface area contributed by atoms with Crippen LogP contribution in [0.25, 0.3) is 10.9 Å². The minimum Gasteiger partial charge on any atom is -0.361 e. The van der Waals surface area contributed by atoms with Crippen LogP contribution in [0, 0.1) is 6.92 Å². The molecule has 0 aliphatic heterocycles. The molecule has 0 aliphatic rings. The first-order valence-corrected chi connectivity index (χ1v) is 9.46. The summed E-state index contributed by atoms with van der Waals surface area (Å²) in [7, 11) is 0. The van der Waals surface area contributed by atoms with Gasteiger partial charge in [-0.1, -0.05) is 42.0 Å². The fraction of sp³-hybridized carbons (Fsp3) is 0.125. The summed E-state index contributed by atoms with van der Waals surface area (Å²) in [6, 6.07) is 23.8. The lowest BCUT2D eigenvalue weighted by molar-refractivity contribution is 0.0955. The monoisotopic (exact) mass is 369 g/mol. The molecular formula is C24H23N3O. The Kier molecular flexibility index (Phi) is 5.11. The number of rotatable bonds is 6. The van der Waals surface area contributed by atoms with Crippen LogP contribution >= 0.6 is 0 Å². The van der Waals surface area contributed by atoms with E-state index in [1.165, 1.54) is 16.5 Å². The number of carbonyl (C=O) groups excluding carboxylic acids is 1. The Morgan fingerprint density at radius 3 is 2.61 bits per heavy atom. The molecule has 4 rings (SSSR count). The van der Waals surface area contributed by atoms with E-state index in [-0.39, 0.29) is 5.91 Å². The van der Waals surface area contributed by atoms with Gasteiger partial charge in [0.1, 0.15) is 0 Å². The van der Waals surface area contributed by atoms with Crippen LogP contribution < -0.4 is 10.6 Å². The van der Waals surface area contributed by atoms with E-state index < -0.39 is 0 Å². The van der Waals surface area contributed by atoms with Gasteiger partial charge in [0.15, 0.2) is 0 Å². The molecule has 140 valence electrons. The van der Waals surface area contributed by atoms with Crippen molar-refractivity contribution >= 4 is 28.2 Å². The molecule has 0 radical (unpaired) electrons. The SMILES string of the molecule is Cc1ccc2[nH]cc(CCNC(=O)c3ccccc3Nc3ccccc3)c2c1. The van der Waals surface area contributed by atoms with Crippen LogP contribution in [0.4, 0.5) is 11.4 Å². The molecule has 4 heteroatoms. The smallest absolute Gasteiger partial charge is 0.253 e. The summed E-state index contributed by atoms with van der Waals surface area (Å²) in [6.07, 6.45) is 2.81. The third-order valence-electron chi connectivity index (χ3n) is 4.83. The topological polar surface area (TPSA) is 56.9 Å². The number of amides is 1. The lowest BCUT2D eigenvalue weighted by atomic mass is 10.1. The van der Waals surface area contributed by atoms with Crippen molar-refractivity contribution in [1.82, 2.24) is 10.3 Å². The van der Waals surface area contributed by atoms with E-state index in [4.69, 9.17) is 0 Å². The second kappa shape index (κ2) is 8.01. The summed E-state index contributed by atoms with van der Waals surface area (Å²) < 4.78 is 0. The number of nitrogens with one attached hydrogen (secondary N) is 3. The number of H-pyrrole nitrogens is 1. The van der Waals surface area contributed by atoms with E-state index in [0.29, 0.717) is 12.1 Å². The molecule has 1 aromatic heterocycles. The van der Waals surface area contributed by atoms with Gasteiger partial charge < -0.3 is 15.6 Å².